The first-order valence-electron chi connectivity index (χ1n) is 35.5. The summed E-state index contributed by atoms with van der Waals surface area (Å²) in [5, 5.41) is 5.86. The number of carbonyl (C=O) groups excluding carboxylic acids is 3. The van der Waals surface area contributed by atoms with E-state index in [9.17, 15) is 27.6 Å². The van der Waals surface area contributed by atoms with Gasteiger partial charge in [-0.15, -0.1) is 0 Å². The molecule has 0 bridgehead atoms. The maximum Gasteiger partial charge on any atom is 0.274 e. The van der Waals surface area contributed by atoms with E-state index in [1.807, 2.05) is 67.1 Å². The molecule has 4 aliphatic carbocycles. The van der Waals surface area contributed by atoms with Crippen LogP contribution in [0.2, 0.25) is 0 Å². The first-order chi connectivity index (χ1) is 48.5. The third kappa shape index (κ3) is 14.6. The van der Waals surface area contributed by atoms with Crippen molar-refractivity contribution in [1.29, 1.82) is 0 Å². The first kappa shape index (κ1) is 67.3. The van der Waals surface area contributed by atoms with Gasteiger partial charge in [-0.2, -0.15) is 0 Å². The number of aromatic nitrogens is 9. The number of halogens is 3. The van der Waals surface area contributed by atoms with Crippen molar-refractivity contribution < 1.29 is 32.4 Å². The monoisotopic (exact) mass is 1350 g/mol. The molecule has 0 saturated heterocycles. The summed E-state index contributed by atoms with van der Waals surface area (Å²) in [6.45, 7) is 6.71. The predicted octanol–water partition coefficient (Wildman–Crippen LogP) is 17.9. The van der Waals surface area contributed by atoms with E-state index < -0.39 is 0 Å². The molecular formula is C81H85F3N12O4. The van der Waals surface area contributed by atoms with Crippen LogP contribution < -0.4 is 10.8 Å². The molecule has 0 spiro atoms. The van der Waals surface area contributed by atoms with Gasteiger partial charge in [0.25, 0.3) is 17.7 Å². The van der Waals surface area contributed by atoms with Gasteiger partial charge in [-0.25, -0.2) is 33.6 Å². The van der Waals surface area contributed by atoms with Gasteiger partial charge < -0.3 is 25.2 Å². The minimum Gasteiger partial charge on any atom is -0.349 e. The average molecular weight is 1350 g/mol. The largest absolute Gasteiger partial charge is 0.349 e. The second-order valence-corrected chi connectivity index (χ2v) is 28.5. The summed E-state index contributed by atoms with van der Waals surface area (Å²) in [5.41, 5.74) is 15.8. The standard InChI is InChI=1S/C28H29FN4O.C27H29FN4O.C26H27FN4O2/c1-16(27-32-25-10-6-19(14-26(25)33-27)28(34)31-21-8-9-21)17-2-4-18(5-3-17)22-12-13-30-24-11-7-20(29)15-23(22)24;1-16(26-30-24-10-8-19(14-25(24)31-26)27(33)32(2)3)17-4-6-18(7-5-17)21-12-13-29-23-11-9-20(28)15-22(21)23;1-15(25-29-23-9-7-18(13-24(23)30-25)26(32)31-33-2)16-3-5-17(6-4-16)20-11-12-28-22-10-8-19(27)14-21(20)22/h6-7,10-18,21H,2-5,8-9H2,1H3,(H,31,34)(H,32,33);8-18H,4-7H2,1-3H3,(H,30,31);7-17H,3-6H2,1-2H3,(H,29,30)(H,31,32)/t16-,17?,18?;;/m1../s1. The lowest BCUT2D eigenvalue weighted by Crippen LogP contribution is -2.25. The first-order valence-corrected chi connectivity index (χ1v) is 35.5. The molecule has 16 rings (SSSR count). The van der Waals surface area contributed by atoms with Crippen LogP contribution in [0.5, 0.6) is 0 Å². The highest BCUT2D eigenvalue weighted by Crippen LogP contribution is 2.47. The summed E-state index contributed by atoms with van der Waals surface area (Å²) in [6.07, 6.45) is 20.7. The summed E-state index contributed by atoms with van der Waals surface area (Å²) >= 11 is 0. The minimum atomic E-state index is -0.287. The summed E-state index contributed by atoms with van der Waals surface area (Å²) in [4.78, 5) is 81.1. The van der Waals surface area contributed by atoms with Crippen molar-refractivity contribution in [1.82, 2.24) is 60.6 Å². The zero-order valence-electron chi connectivity index (χ0n) is 57.4. The molecule has 0 aliphatic heterocycles. The third-order valence-corrected chi connectivity index (χ3v) is 22.0. The van der Waals surface area contributed by atoms with Gasteiger partial charge in [0.2, 0.25) is 0 Å². The number of imidazole rings is 3. The number of fused-ring (bicyclic) bond motifs is 6. The molecule has 12 aromatic rings. The molecule has 4 fully saturated rings. The fraction of sp³-hybridized carbons (Fsp3) is 0.370. The van der Waals surface area contributed by atoms with E-state index in [2.05, 4.69) is 73.6 Å². The summed E-state index contributed by atoms with van der Waals surface area (Å²) < 4.78 is 41.6. The Bertz CT molecular complexity index is 4980. The fourth-order valence-electron chi connectivity index (χ4n) is 16.0. The molecule has 4 saturated carbocycles. The van der Waals surface area contributed by atoms with Crippen LogP contribution >= 0.6 is 0 Å². The molecule has 5 N–H and O–H groups in total. The van der Waals surface area contributed by atoms with Crippen LogP contribution in [0.25, 0.3) is 65.8 Å². The van der Waals surface area contributed by atoms with Crippen molar-refractivity contribution in [3.05, 3.63) is 214 Å². The highest BCUT2D eigenvalue weighted by Gasteiger charge is 2.33. The van der Waals surface area contributed by atoms with Crippen LogP contribution in [0.3, 0.4) is 0 Å². The maximum absolute atomic E-state index is 13.9. The van der Waals surface area contributed by atoms with Crippen molar-refractivity contribution in [2.45, 2.75) is 152 Å². The number of aromatic amines is 3. The molecule has 3 atom stereocenters. The third-order valence-electron chi connectivity index (χ3n) is 22.0. The molecule has 6 aromatic heterocycles. The lowest BCUT2D eigenvalue weighted by molar-refractivity contribution is 0.0537. The number of nitrogens with zero attached hydrogens (tertiary/aromatic N) is 7. The van der Waals surface area contributed by atoms with Gasteiger partial charge in [-0.1, -0.05) is 20.8 Å². The average Bonchev–Trinajstić information content (AvgIpc) is 1.16. The number of carbonyl (C=O) groups is 3. The number of H-pyrrole nitrogens is 3. The second kappa shape index (κ2) is 29.1. The summed E-state index contributed by atoms with van der Waals surface area (Å²) in [6, 6.07) is 37.9. The van der Waals surface area contributed by atoms with Crippen LogP contribution in [0.15, 0.2) is 146 Å². The topological polar surface area (TPSA) is 212 Å². The molecule has 4 aliphatic rings. The number of pyridine rings is 3. The van der Waals surface area contributed by atoms with E-state index >= 15 is 0 Å². The van der Waals surface area contributed by atoms with E-state index in [0.29, 0.717) is 70.1 Å². The van der Waals surface area contributed by atoms with Crippen LogP contribution in [0.1, 0.15) is 211 Å². The van der Waals surface area contributed by atoms with E-state index in [-0.39, 0.29) is 41.1 Å². The van der Waals surface area contributed by atoms with Crippen LogP contribution in [-0.2, 0) is 4.84 Å². The zero-order valence-corrected chi connectivity index (χ0v) is 57.4. The Morgan fingerprint density at radius 1 is 0.430 bits per heavy atom. The lowest BCUT2D eigenvalue weighted by Gasteiger charge is -2.32. The molecule has 6 aromatic carbocycles. The Labute approximate surface area is 579 Å². The van der Waals surface area contributed by atoms with E-state index in [0.717, 1.165) is 173 Å². The Kier molecular flexibility index (Phi) is 19.6. The quantitative estimate of drug-likeness (QED) is 0.0650. The van der Waals surface area contributed by atoms with Gasteiger partial charge >= 0.3 is 0 Å². The van der Waals surface area contributed by atoms with Gasteiger partial charge in [-0.3, -0.25) is 34.2 Å². The highest BCUT2D eigenvalue weighted by molar-refractivity contribution is 5.99. The molecule has 2 unspecified atom stereocenters. The van der Waals surface area contributed by atoms with Crippen molar-refractivity contribution >= 4 is 83.5 Å². The Balaban J connectivity index is 0.000000128. The SMILES string of the molecule is CC(c1nc2ccc(C(=O)N(C)C)cc2[nH]1)C1CCC(c2ccnc3ccc(F)cc23)CC1.CONC(=O)c1ccc2nc(C(C)C3CCC(c4ccnc5ccc(F)cc45)CC3)[nH]c2c1.C[C@@H](c1nc2ccc(C(=O)NC3CC3)cc2[nH]1)C1CCC(c2ccnc3ccc(F)cc23)CC1. The molecule has 19 heteroatoms. The number of hydrogen-bond acceptors (Lipinski definition) is 10. The van der Waals surface area contributed by atoms with E-state index in [1.165, 1.54) is 42.0 Å². The van der Waals surface area contributed by atoms with Gasteiger partial charge in [0.05, 0.1) is 56.8 Å². The lowest BCUT2D eigenvalue weighted by atomic mass is 9.73. The number of hydroxylamine groups is 1. The Morgan fingerprint density at radius 3 is 1.10 bits per heavy atom. The van der Waals surface area contributed by atoms with E-state index in [4.69, 9.17) is 19.8 Å². The number of hydrogen-bond donors (Lipinski definition) is 5. The van der Waals surface area contributed by atoms with Crippen molar-refractivity contribution in [3.63, 3.8) is 0 Å². The van der Waals surface area contributed by atoms with Crippen molar-refractivity contribution in [2.24, 2.45) is 17.8 Å². The Morgan fingerprint density at radius 2 is 0.760 bits per heavy atom. The number of rotatable bonds is 14. The molecule has 0 radical (unpaired) electrons. The minimum absolute atomic E-state index is 0.00422. The maximum atomic E-state index is 13.9. The van der Waals surface area contributed by atoms with Gasteiger partial charge in [0.1, 0.15) is 34.9 Å². The van der Waals surface area contributed by atoms with Crippen LogP contribution in [-0.4, -0.2) is 94.7 Å². The van der Waals surface area contributed by atoms with Crippen LogP contribution in [0, 0.1) is 35.2 Å². The highest BCUT2D eigenvalue weighted by atomic mass is 19.1. The summed E-state index contributed by atoms with van der Waals surface area (Å²) in [5.74, 6) is 5.76. The Hall–Kier alpha value is -9.88. The normalized spacial score (nSPS) is 20.3. The fourth-order valence-corrected chi connectivity index (χ4v) is 16.0. The second-order valence-electron chi connectivity index (χ2n) is 28.5. The van der Waals surface area contributed by atoms with Crippen molar-refractivity contribution in [2.75, 3.05) is 21.2 Å². The smallest absolute Gasteiger partial charge is 0.274 e. The molecular weight excluding hydrogens is 1260 g/mol. The number of nitrogens with one attached hydrogen (secondary N) is 5. The zero-order chi connectivity index (χ0) is 69.3. The van der Waals surface area contributed by atoms with Gasteiger partial charge in [0, 0.05) is 89.3 Å². The number of benzene rings is 6. The number of amides is 3. The van der Waals surface area contributed by atoms with Crippen molar-refractivity contribution in [3.8, 4) is 0 Å². The molecule has 3 amide bonds. The van der Waals surface area contributed by atoms with Gasteiger partial charge in [-0.05, 0) is 269 Å². The molecule has 6 heterocycles. The van der Waals surface area contributed by atoms with Gasteiger partial charge in [0.15, 0.2) is 0 Å². The molecule has 16 nitrogen and oxygen atoms in total. The predicted molar refractivity (Wildman–Crippen MR) is 386 cm³/mol. The van der Waals surface area contributed by atoms with Crippen LogP contribution in [0.4, 0.5) is 13.2 Å². The van der Waals surface area contributed by atoms with E-state index in [1.54, 1.807) is 67.5 Å². The molecule has 100 heavy (non-hydrogen) atoms. The summed E-state index contributed by atoms with van der Waals surface area (Å²) in [7, 11) is 4.93. The molecule has 514 valence electrons.